The van der Waals surface area contributed by atoms with Crippen LogP contribution < -0.4 is 0 Å². The van der Waals surface area contributed by atoms with Crippen LogP contribution in [0.15, 0.2) is 17.5 Å². The Labute approximate surface area is 105 Å². The molecule has 0 saturated carbocycles. The molecule has 1 aromatic rings. The molecule has 0 aliphatic carbocycles. The van der Waals surface area contributed by atoms with Crippen LogP contribution in [0.3, 0.4) is 0 Å². The predicted octanol–water partition coefficient (Wildman–Crippen LogP) is 2.86. The Kier molecular flexibility index (Phi) is 5.75. The Bertz CT molecular complexity index is 386. The van der Waals surface area contributed by atoms with Gasteiger partial charge in [-0.25, -0.2) is 8.42 Å². The molecule has 1 unspecified atom stereocenters. The summed E-state index contributed by atoms with van der Waals surface area (Å²) in [6, 6.07) is 3.95. The molecule has 3 nitrogen and oxygen atoms in total. The van der Waals surface area contributed by atoms with Gasteiger partial charge in [0.25, 0.3) is 0 Å². The minimum absolute atomic E-state index is 0.0184. The molecule has 0 saturated heterocycles. The van der Waals surface area contributed by atoms with E-state index in [-0.39, 0.29) is 11.7 Å². The number of rotatable bonds is 7. The highest BCUT2D eigenvalue weighted by atomic mass is 35.7. The number of hydrogen-bond acceptors (Lipinski definition) is 4. The molecular weight excluding hydrogens is 268 g/mol. The van der Waals surface area contributed by atoms with Crippen molar-refractivity contribution < 1.29 is 13.2 Å². The van der Waals surface area contributed by atoms with Crippen molar-refractivity contribution in [3.05, 3.63) is 22.4 Å². The lowest BCUT2D eigenvalue weighted by atomic mass is 10.1. The van der Waals surface area contributed by atoms with Crippen molar-refractivity contribution >= 4 is 31.1 Å². The lowest BCUT2D eigenvalue weighted by Crippen LogP contribution is -2.17. The van der Waals surface area contributed by atoms with E-state index in [1.165, 1.54) is 0 Å². The molecule has 1 rings (SSSR count). The second-order valence-electron chi connectivity index (χ2n) is 3.57. The third-order valence-electron chi connectivity index (χ3n) is 2.19. The van der Waals surface area contributed by atoms with Gasteiger partial charge in [-0.3, -0.25) is 0 Å². The first-order chi connectivity index (χ1) is 7.51. The Morgan fingerprint density at radius 3 is 2.81 bits per heavy atom. The van der Waals surface area contributed by atoms with Gasteiger partial charge in [-0.2, -0.15) is 0 Å². The third kappa shape index (κ3) is 5.84. The van der Waals surface area contributed by atoms with Gasteiger partial charge in [-0.15, -0.1) is 11.3 Å². The van der Waals surface area contributed by atoms with Crippen molar-refractivity contribution in [2.45, 2.75) is 20.0 Å². The highest BCUT2D eigenvalue weighted by Gasteiger charge is 2.15. The Morgan fingerprint density at radius 1 is 1.56 bits per heavy atom. The Morgan fingerprint density at radius 2 is 2.31 bits per heavy atom. The molecule has 0 amide bonds. The molecule has 6 heteroatoms. The maximum absolute atomic E-state index is 10.9. The lowest BCUT2D eigenvalue weighted by molar-refractivity contribution is 0.0937. The van der Waals surface area contributed by atoms with Crippen molar-refractivity contribution in [2.75, 3.05) is 12.4 Å². The van der Waals surface area contributed by atoms with Gasteiger partial charge in [0.1, 0.15) is 0 Å². The van der Waals surface area contributed by atoms with Crippen molar-refractivity contribution in [3.8, 4) is 0 Å². The average Bonchev–Trinajstić information content (AvgIpc) is 2.67. The molecule has 0 spiro atoms. The summed E-state index contributed by atoms with van der Waals surface area (Å²) in [4.78, 5) is 1.14. The van der Waals surface area contributed by atoms with E-state index in [4.69, 9.17) is 15.4 Å². The first-order valence-electron chi connectivity index (χ1n) is 5.03. The summed E-state index contributed by atoms with van der Waals surface area (Å²) in [7, 11) is 1.78. The van der Waals surface area contributed by atoms with Crippen LogP contribution >= 0.6 is 22.0 Å². The summed E-state index contributed by atoms with van der Waals surface area (Å²) in [6.07, 6.45) is 0.746. The molecule has 16 heavy (non-hydrogen) atoms. The van der Waals surface area contributed by atoms with Crippen LogP contribution in [0.1, 0.15) is 18.2 Å². The number of thiophene rings is 1. The van der Waals surface area contributed by atoms with E-state index in [2.05, 4.69) is 0 Å². The van der Waals surface area contributed by atoms with Crippen LogP contribution in [0.2, 0.25) is 0 Å². The second-order valence-corrected chi connectivity index (χ2v) is 7.43. The standard InChI is InChI=1S/C10H15ClO3S2/c1-2-9(8-16(11,12)13)6-14-7-10-4-3-5-15-10/h3-5,9H,2,6-8H2,1H3. The molecule has 0 bridgehead atoms. The Hall–Kier alpha value is -0.100. The van der Waals surface area contributed by atoms with Crippen molar-refractivity contribution in [3.63, 3.8) is 0 Å². The highest BCUT2D eigenvalue weighted by Crippen LogP contribution is 2.13. The molecule has 0 radical (unpaired) electrons. The van der Waals surface area contributed by atoms with E-state index in [0.29, 0.717) is 13.2 Å². The fourth-order valence-electron chi connectivity index (χ4n) is 1.29. The van der Waals surface area contributed by atoms with Gasteiger partial charge in [0, 0.05) is 15.6 Å². The first-order valence-corrected chi connectivity index (χ1v) is 8.39. The van der Waals surface area contributed by atoms with Gasteiger partial charge < -0.3 is 4.74 Å². The normalized spacial score (nSPS) is 13.9. The van der Waals surface area contributed by atoms with E-state index < -0.39 is 9.05 Å². The highest BCUT2D eigenvalue weighted by molar-refractivity contribution is 8.13. The minimum atomic E-state index is -3.42. The zero-order chi connectivity index (χ0) is 12.0. The van der Waals surface area contributed by atoms with Gasteiger partial charge in [0.15, 0.2) is 0 Å². The molecule has 0 fully saturated rings. The average molecular weight is 283 g/mol. The lowest BCUT2D eigenvalue weighted by Gasteiger charge is -2.12. The molecule has 1 atom stereocenters. The predicted molar refractivity (Wildman–Crippen MR) is 67.4 cm³/mol. The maximum atomic E-state index is 10.9. The third-order valence-corrected chi connectivity index (χ3v) is 4.29. The molecule has 1 aromatic heterocycles. The van der Waals surface area contributed by atoms with Gasteiger partial charge in [0.05, 0.1) is 19.0 Å². The molecule has 92 valence electrons. The van der Waals surface area contributed by atoms with E-state index in [0.717, 1.165) is 11.3 Å². The van der Waals surface area contributed by atoms with E-state index in [1.54, 1.807) is 11.3 Å². The quantitative estimate of drug-likeness (QED) is 0.722. The summed E-state index contributed by atoms with van der Waals surface area (Å²) in [5, 5.41) is 1.99. The van der Waals surface area contributed by atoms with Crippen LogP contribution in [0.5, 0.6) is 0 Å². The molecule has 0 N–H and O–H groups in total. The maximum Gasteiger partial charge on any atom is 0.232 e. The zero-order valence-electron chi connectivity index (χ0n) is 9.06. The van der Waals surface area contributed by atoms with Crippen LogP contribution in [0.25, 0.3) is 0 Å². The van der Waals surface area contributed by atoms with Gasteiger partial charge >= 0.3 is 0 Å². The van der Waals surface area contributed by atoms with E-state index in [9.17, 15) is 8.42 Å². The van der Waals surface area contributed by atoms with Crippen LogP contribution in [-0.4, -0.2) is 20.8 Å². The first kappa shape index (κ1) is 14.0. The number of halogens is 1. The smallest absolute Gasteiger partial charge is 0.232 e. The second kappa shape index (κ2) is 6.59. The van der Waals surface area contributed by atoms with Crippen LogP contribution in [-0.2, 0) is 20.4 Å². The summed E-state index contributed by atoms with van der Waals surface area (Å²) in [5.74, 6) is -0.0439. The zero-order valence-corrected chi connectivity index (χ0v) is 11.4. The largest absolute Gasteiger partial charge is 0.376 e. The fraction of sp³-hybridized carbons (Fsp3) is 0.600. The van der Waals surface area contributed by atoms with Crippen LogP contribution in [0, 0.1) is 5.92 Å². The molecule has 0 aliphatic heterocycles. The van der Waals surface area contributed by atoms with Crippen molar-refractivity contribution in [2.24, 2.45) is 5.92 Å². The summed E-state index contributed by atoms with van der Waals surface area (Å²) < 4.78 is 27.3. The van der Waals surface area contributed by atoms with E-state index >= 15 is 0 Å². The van der Waals surface area contributed by atoms with Gasteiger partial charge in [-0.1, -0.05) is 19.4 Å². The summed E-state index contributed by atoms with van der Waals surface area (Å²) in [6.45, 7) is 2.90. The molecule has 0 aliphatic rings. The van der Waals surface area contributed by atoms with Crippen molar-refractivity contribution in [1.29, 1.82) is 0 Å². The summed E-state index contributed by atoms with van der Waals surface area (Å²) in [5.41, 5.74) is 0. The van der Waals surface area contributed by atoms with Crippen molar-refractivity contribution in [1.82, 2.24) is 0 Å². The topological polar surface area (TPSA) is 43.4 Å². The monoisotopic (exact) mass is 282 g/mol. The number of hydrogen-bond donors (Lipinski definition) is 0. The minimum Gasteiger partial charge on any atom is -0.376 e. The molecule has 0 aromatic carbocycles. The SMILES string of the molecule is CCC(COCc1cccs1)CS(=O)(=O)Cl. The van der Waals surface area contributed by atoms with E-state index in [1.807, 2.05) is 24.4 Å². The van der Waals surface area contributed by atoms with Gasteiger partial charge in [0.2, 0.25) is 9.05 Å². The van der Waals surface area contributed by atoms with Crippen LogP contribution in [0.4, 0.5) is 0 Å². The Balaban J connectivity index is 2.29. The summed E-state index contributed by atoms with van der Waals surface area (Å²) >= 11 is 1.63. The fourth-order valence-corrected chi connectivity index (χ4v) is 3.36. The number of ether oxygens (including phenoxy) is 1. The molecule has 1 heterocycles. The van der Waals surface area contributed by atoms with Gasteiger partial charge in [-0.05, 0) is 17.4 Å². The molecular formula is C10H15ClO3S2.